The van der Waals surface area contributed by atoms with Crippen molar-refractivity contribution in [3.05, 3.63) is 18.0 Å². The van der Waals surface area contributed by atoms with Crippen LogP contribution in [-0.2, 0) is 4.74 Å². The van der Waals surface area contributed by atoms with Crippen LogP contribution in [0.4, 0.5) is 5.95 Å². The predicted molar refractivity (Wildman–Crippen MR) is 68.1 cm³/mol. The van der Waals surface area contributed by atoms with E-state index in [0.29, 0.717) is 30.9 Å². The molecule has 0 radical (unpaired) electrons. The third-order valence-electron chi connectivity index (χ3n) is 3.06. The number of hydrogen-bond acceptors (Lipinski definition) is 5. The standard InChI is InChI=1S/C13H18N4O/c14-10-11-6-7-15-13(17-11)16-8-9-18-12-4-2-1-3-5-12/h6-7,12H,1-5,8-9H2,(H,15,16,17). The van der Waals surface area contributed by atoms with Crippen molar-refractivity contribution in [2.45, 2.75) is 38.2 Å². The first-order chi connectivity index (χ1) is 8.88. The fourth-order valence-electron chi connectivity index (χ4n) is 2.13. The quantitative estimate of drug-likeness (QED) is 0.806. The molecule has 1 aromatic heterocycles. The van der Waals surface area contributed by atoms with Gasteiger partial charge in [0.15, 0.2) is 0 Å². The van der Waals surface area contributed by atoms with Crippen molar-refractivity contribution >= 4 is 5.95 Å². The van der Waals surface area contributed by atoms with Gasteiger partial charge in [-0.25, -0.2) is 9.97 Å². The van der Waals surface area contributed by atoms with Crippen molar-refractivity contribution in [1.82, 2.24) is 9.97 Å². The third-order valence-corrected chi connectivity index (χ3v) is 3.06. The van der Waals surface area contributed by atoms with E-state index in [1.54, 1.807) is 12.3 Å². The lowest BCUT2D eigenvalue weighted by Gasteiger charge is -2.21. The third kappa shape index (κ3) is 3.97. The molecular formula is C13H18N4O. The van der Waals surface area contributed by atoms with Gasteiger partial charge in [-0.15, -0.1) is 0 Å². The number of hydrogen-bond donors (Lipinski definition) is 1. The molecule has 0 atom stereocenters. The van der Waals surface area contributed by atoms with Crippen LogP contribution in [0, 0.1) is 11.3 Å². The Hall–Kier alpha value is -1.67. The Morgan fingerprint density at radius 2 is 2.22 bits per heavy atom. The Morgan fingerprint density at radius 1 is 1.39 bits per heavy atom. The molecule has 1 heterocycles. The number of anilines is 1. The van der Waals surface area contributed by atoms with E-state index in [9.17, 15) is 0 Å². The van der Waals surface area contributed by atoms with E-state index >= 15 is 0 Å². The lowest BCUT2D eigenvalue weighted by Crippen LogP contribution is -2.21. The topological polar surface area (TPSA) is 70.8 Å². The second kappa shape index (κ2) is 6.92. The maximum Gasteiger partial charge on any atom is 0.223 e. The Kier molecular flexibility index (Phi) is 4.91. The number of nitrogens with one attached hydrogen (secondary N) is 1. The molecule has 1 fully saturated rings. The first kappa shape index (κ1) is 12.8. The maximum atomic E-state index is 8.71. The minimum Gasteiger partial charge on any atom is -0.376 e. The van der Waals surface area contributed by atoms with Crippen LogP contribution in [0.25, 0.3) is 0 Å². The van der Waals surface area contributed by atoms with Gasteiger partial charge in [-0.05, 0) is 18.9 Å². The van der Waals surface area contributed by atoms with Gasteiger partial charge in [0.05, 0.1) is 12.7 Å². The Balaban J connectivity index is 1.67. The number of nitrogens with zero attached hydrogens (tertiary/aromatic N) is 3. The zero-order valence-corrected chi connectivity index (χ0v) is 10.4. The Labute approximate surface area is 107 Å². The summed E-state index contributed by atoms with van der Waals surface area (Å²) >= 11 is 0. The largest absolute Gasteiger partial charge is 0.376 e. The average molecular weight is 246 g/mol. The normalized spacial score (nSPS) is 16.2. The fraction of sp³-hybridized carbons (Fsp3) is 0.615. The van der Waals surface area contributed by atoms with Gasteiger partial charge in [0.2, 0.25) is 5.95 Å². The highest BCUT2D eigenvalue weighted by molar-refractivity contribution is 5.29. The van der Waals surface area contributed by atoms with Crippen molar-refractivity contribution in [2.75, 3.05) is 18.5 Å². The minimum atomic E-state index is 0.376. The highest BCUT2D eigenvalue weighted by Crippen LogP contribution is 2.19. The summed E-state index contributed by atoms with van der Waals surface area (Å²) in [6, 6.07) is 3.57. The SMILES string of the molecule is N#Cc1ccnc(NCCOC2CCCCC2)n1. The van der Waals surface area contributed by atoms with Crippen molar-refractivity contribution in [3.63, 3.8) is 0 Å². The molecule has 2 rings (SSSR count). The molecule has 0 amide bonds. The monoisotopic (exact) mass is 246 g/mol. The molecule has 96 valence electrons. The second-order valence-electron chi connectivity index (χ2n) is 4.43. The molecule has 1 N–H and O–H groups in total. The Morgan fingerprint density at radius 3 is 3.00 bits per heavy atom. The van der Waals surface area contributed by atoms with Crippen LogP contribution in [0.5, 0.6) is 0 Å². The highest BCUT2D eigenvalue weighted by Gasteiger charge is 2.12. The van der Waals surface area contributed by atoms with E-state index in [1.165, 1.54) is 32.1 Å². The number of nitriles is 1. The van der Waals surface area contributed by atoms with Gasteiger partial charge in [0, 0.05) is 12.7 Å². The van der Waals surface area contributed by atoms with Crippen molar-refractivity contribution < 1.29 is 4.74 Å². The van der Waals surface area contributed by atoms with E-state index in [0.717, 1.165) is 0 Å². The molecule has 5 heteroatoms. The molecule has 0 aliphatic heterocycles. The molecule has 1 aliphatic carbocycles. The average Bonchev–Trinajstić information content (AvgIpc) is 2.45. The molecule has 18 heavy (non-hydrogen) atoms. The summed E-state index contributed by atoms with van der Waals surface area (Å²) in [5.41, 5.74) is 0.376. The lowest BCUT2D eigenvalue weighted by molar-refractivity contribution is 0.0347. The highest BCUT2D eigenvalue weighted by atomic mass is 16.5. The van der Waals surface area contributed by atoms with Gasteiger partial charge in [-0.3, -0.25) is 0 Å². The van der Waals surface area contributed by atoms with E-state index in [4.69, 9.17) is 10.00 Å². The summed E-state index contributed by atoms with van der Waals surface area (Å²) < 4.78 is 5.78. The summed E-state index contributed by atoms with van der Waals surface area (Å²) in [5, 5.41) is 11.8. The molecule has 0 spiro atoms. The molecule has 0 saturated heterocycles. The van der Waals surface area contributed by atoms with Crippen molar-refractivity contribution in [2.24, 2.45) is 0 Å². The van der Waals surface area contributed by atoms with Gasteiger partial charge in [-0.2, -0.15) is 5.26 Å². The van der Waals surface area contributed by atoms with Gasteiger partial charge in [-0.1, -0.05) is 19.3 Å². The van der Waals surface area contributed by atoms with Crippen LogP contribution < -0.4 is 5.32 Å². The van der Waals surface area contributed by atoms with Crippen molar-refractivity contribution in [3.8, 4) is 6.07 Å². The number of rotatable bonds is 5. The number of aromatic nitrogens is 2. The maximum absolute atomic E-state index is 8.71. The second-order valence-corrected chi connectivity index (χ2v) is 4.43. The minimum absolute atomic E-state index is 0.376. The number of ether oxygens (including phenoxy) is 1. The van der Waals surface area contributed by atoms with E-state index in [-0.39, 0.29) is 0 Å². The molecule has 1 aromatic rings. The summed E-state index contributed by atoms with van der Waals surface area (Å²) in [6.45, 7) is 1.33. The molecule has 0 unspecified atom stereocenters. The zero-order chi connectivity index (χ0) is 12.6. The molecule has 1 saturated carbocycles. The van der Waals surface area contributed by atoms with Crippen LogP contribution in [0.15, 0.2) is 12.3 Å². The summed E-state index contributed by atoms with van der Waals surface area (Å²) in [6.07, 6.45) is 8.27. The van der Waals surface area contributed by atoms with E-state index in [1.807, 2.05) is 6.07 Å². The summed E-state index contributed by atoms with van der Waals surface area (Å²) in [7, 11) is 0. The van der Waals surface area contributed by atoms with Gasteiger partial charge in [0.1, 0.15) is 11.8 Å². The Bertz CT molecular complexity index is 410. The van der Waals surface area contributed by atoms with Crippen LogP contribution in [0.1, 0.15) is 37.8 Å². The molecular weight excluding hydrogens is 228 g/mol. The van der Waals surface area contributed by atoms with Gasteiger partial charge in [0.25, 0.3) is 0 Å². The van der Waals surface area contributed by atoms with Crippen LogP contribution in [-0.4, -0.2) is 29.2 Å². The fourth-order valence-corrected chi connectivity index (χ4v) is 2.13. The first-order valence-corrected chi connectivity index (χ1v) is 6.47. The molecule has 0 bridgehead atoms. The molecule has 0 aromatic carbocycles. The molecule has 1 aliphatic rings. The van der Waals surface area contributed by atoms with E-state index < -0.39 is 0 Å². The van der Waals surface area contributed by atoms with Crippen molar-refractivity contribution in [1.29, 1.82) is 5.26 Å². The summed E-state index contributed by atoms with van der Waals surface area (Å²) in [4.78, 5) is 8.08. The van der Waals surface area contributed by atoms with Crippen LogP contribution in [0.2, 0.25) is 0 Å². The zero-order valence-electron chi connectivity index (χ0n) is 10.4. The first-order valence-electron chi connectivity index (χ1n) is 6.47. The van der Waals surface area contributed by atoms with Gasteiger partial charge < -0.3 is 10.1 Å². The molecule has 5 nitrogen and oxygen atoms in total. The smallest absolute Gasteiger partial charge is 0.223 e. The lowest BCUT2D eigenvalue weighted by atomic mass is 9.98. The predicted octanol–water partition coefficient (Wildman–Crippen LogP) is 2.11. The summed E-state index contributed by atoms with van der Waals surface area (Å²) in [5.74, 6) is 0.487. The van der Waals surface area contributed by atoms with Crippen LogP contribution >= 0.6 is 0 Å². The van der Waals surface area contributed by atoms with Crippen LogP contribution in [0.3, 0.4) is 0 Å². The van der Waals surface area contributed by atoms with E-state index in [2.05, 4.69) is 15.3 Å². The van der Waals surface area contributed by atoms with Gasteiger partial charge >= 0.3 is 0 Å².